The van der Waals surface area contributed by atoms with Crippen molar-refractivity contribution in [2.75, 3.05) is 0 Å². The van der Waals surface area contributed by atoms with Gasteiger partial charge in [0, 0.05) is 0 Å². The van der Waals surface area contributed by atoms with Crippen molar-refractivity contribution >= 4 is 231 Å². The molecule has 3 aromatic heterocycles. The first-order valence-corrected chi connectivity index (χ1v) is 48.7. The molecule has 0 unspecified atom stereocenters. The Balaban J connectivity index is 0.000000106. The fourth-order valence-corrected chi connectivity index (χ4v) is 28.6. The fourth-order valence-electron chi connectivity index (χ4n) is 21.0. The van der Waals surface area contributed by atoms with Gasteiger partial charge in [-0.1, -0.05) is 0 Å². The van der Waals surface area contributed by atoms with Crippen LogP contribution in [0.5, 0.6) is 0 Å². The van der Waals surface area contributed by atoms with E-state index in [1.807, 2.05) is 146 Å². The summed E-state index contributed by atoms with van der Waals surface area (Å²) in [4.78, 5) is 0. The van der Waals surface area contributed by atoms with Gasteiger partial charge in [0.25, 0.3) is 0 Å². The molecule has 0 spiro atoms. The van der Waals surface area contributed by atoms with E-state index < -0.39 is 11.7 Å². The van der Waals surface area contributed by atoms with Gasteiger partial charge < -0.3 is 0 Å². The molecule has 0 saturated heterocycles. The van der Waals surface area contributed by atoms with E-state index in [0.717, 1.165) is 92.5 Å². The van der Waals surface area contributed by atoms with E-state index in [1.165, 1.54) is 124 Å². The van der Waals surface area contributed by atoms with Gasteiger partial charge >= 0.3 is 770 Å². The normalized spacial score (nSPS) is 12.3. The van der Waals surface area contributed by atoms with Crippen molar-refractivity contribution in [2.24, 2.45) is 0 Å². The van der Waals surface area contributed by atoms with Crippen molar-refractivity contribution in [3.63, 3.8) is 0 Å². The molecule has 0 aliphatic carbocycles. The molecule has 0 aliphatic heterocycles. The maximum absolute atomic E-state index is 15.7. The third kappa shape index (κ3) is 12.4. The van der Waals surface area contributed by atoms with Crippen molar-refractivity contribution in [3.05, 3.63) is 435 Å². The van der Waals surface area contributed by atoms with Crippen LogP contribution in [-0.2, 0) is 6.18 Å². The predicted molar refractivity (Wildman–Crippen MR) is 548 cm³/mol. The van der Waals surface area contributed by atoms with Gasteiger partial charge in [0.15, 0.2) is 0 Å². The molecule has 0 fully saturated rings. The van der Waals surface area contributed by atoms with Crippen LogP contribution in [0.4, 0.5) is 22.0 Å². The minimum atomic E-state index is -4.47. The Labute approximate surface area is 764 Å². The molecule has 3 heterocycles. The minimum absolute atomic E-state index is 0.0118. The standard InChI is InChI=1S/C42H25F3Se.C40H22F2Se.C40H24Se/c1-24-26-11-2-4-13-28(26)38(29-14-5-3-12-27(24)29)25-21-22-37-36(23-25)34-19-10-20-35(41(34)46-37)39-30-15-6-8-17-32(30)40(42(43,44)45)33-18-9-7-16-31(33)39;41-38-28-14-5-1-10-24(28)36(25-11-2-6-15-29(25)38)23-20-21-35-34(22-23)32-18-9-19-33(40(32)43-35)37-26-12-3-7-16-30(26)39(42)31-17-8-4-13-27(31)37;1-5-14-30-25(10-1)22-26-11-2-6-15-31(26)38(30)29-20-21-37-36(24-29)34-18-9-19-35(40(34)41-37)39-32-16-7-3-12-27(32)23-28-13-4-8-17-33(28)39/h2-23H,1H3;1-22H;1-24H/i;;22D,23D. The summed E-state index contributed by atoms with van der Waals surface area (Å²) < 4.78 is 101. The van der Waals surface area contributed by atoms with Crippen molar-refractivity contribution < 1.29 is 24.7 Å². The van der Waals surface area contributed by atoms with E-state index in [9.17, 15) is 13.2 Å². The second-order valence-corrected chi connectivity index (χ2v) is 40.3. The first-order valence-electron chi connectivity index (χ1n) is 44.5. The first kappa shape index (κ1) is 75.7. The zero-order valence-electron chi connectivity index (χ0n) is 71.7. The number of rotatable bonds is 6. The van der Waals surface area contributed by atoms with Crippen LogP contribution >= 0.6 is 0 Å². The van der Waals surface area contributed by atoms with Crippen molar-refractivity contribution in [3.8, 4) is 66.8 Å². The van der Waals surface area contributed by atoms with E-state index >= 15 is 8.78 Å². The Kier molecular flexibility index (Phi) is 18.0. The molecular formula is C122H71F5Se3. The van der Waals surface area contributed by atoms with Crippen LogP contribution in [0.3, 0.4) is 0 Å². The summed E-state index contributed by atoms with van der Waals surface area (Å²) in [7, 11) is 0. The van der Waals surface area contributed by atoms with Crippen LogP contribution in [0.2, 0.25) is 0 Å². The summed E-state index contributed by atoms with van der Waals surface area (Å²) in [5.74, 6) is -0.340. The molecule has 8 heteroatoms. The van der Waals surface area contributed by atoms with Crippen molar-refractivity contribution in [1.82, 2.24) is 0 Å². The molecule has 0 saturated carbocycles. The number of hydrogen-bond donors (Lipinski definition) is 0. The number of aryl methyl sites for hydroxylation is 1. The van der Waals surface area contributed by atoms with Crippen molar-refractivity contribution in [1.29, 1.82) is 0 Å². The maximum atomic E-state index is 15.7. The van der Waals surface area contributed by atoms with E-state index in [2.05, 4.69) is 237 Å². The molecule has 612 valence electrons. The van der Waals surface area contributed by atoms with E-state index in [-0.39, 0.29) is 65.9 Å². The van der Waals surface area contributed by atoms with Gasteiger partial charge in [0.05, 0.1) is 0 Å². The first-order chi connectivity index (χ1) is 64.8. The Morgan fingerprint density at radius 1 is 0.208 bits per heavy atom. The molecule has 0 N–H and O–H groups in total. The summed E-state index contributed by atoms with van der Waals surface area (Å²) in [5.41, 5.74) is 14.3. The number of benzene rings is 24. The van der Waals surface area contributed by atoms with Gasteiger partial charge in [0.1, 0.15) is 0 Å². The van der Waals surface area contributed by atoms with Crippen LogP contribution in [0.25, 0.3) is 254 Å². The van der Waals surface area contributed by atoms with Gasteiger partial charge in [-0.05, 0) is 0 Å². The monoisotopic (exact) mass is 1870 g/mol. The van der Waals surface area contributed by atoms with Gasteiger partial charge in [-0.3, -0.25) is 0 Å². The van der Waals surface area contributed by atoms with Crippen LogP contribution in [-0.4, -0.2) is 43.5 Å². The molecule has 27 rings (SSSR count). The average molecular weight is 1870 g/mol. The summed E-state index contributed by atoms with van der Waals surface area (Å²) in [5, 5.41) is 28.9. The second-order valence-electron chi connectivity index (χ2n) is 33.7. The van der Waals surface area contributed by atoms with Crippen molar-refractivity contribution in [2.45, 2.75) is 13.1 Å². The Bertz CT molecular complexity index is 8930. The Morgan fingerprint density at radius 2 is 0.423 bits per heavy atom. The second kappa shape index (κ2) is 31.0. The van der Waals surface area contributed by atoms with Crippen LogP contribution in [0.1, 0.15) is 13.9 Å². The van der Waals surface area contributed by atoms with E-state index in [1.54, 1.807) is 24.3 Å². The summed E-state index contributed by atoms with van der Waals surface area (Å²) in [6, 6.07) is 137. The molecule has 0 bridgehead atoms. The molecule has 27 aromatic rings. The summed E-state index contributed by atoms with van der Waals surface area (Å²) in [6.45, 7) is 2.20. The quantitative estimate of drug-likeness (QED) is 0.0884. The molecule has 0 aliphatic rings. The summed E-state index contributed by atoms with van der Waals surface area (Å²) in [6.07, 6.45) is -4.47. The van der Waals surface area contributed by atoms with Crippen LogP contribution in [0.15, 0.2) is 412 Å². The third-order valence-corrected chi connectivity index (χ3v) is 34.3. The zero-order valence-corrected chi connectivity index (χ0v) is 74.9. The van der Waals surface area contributed by atoms with E-state index in [4.69, 9.17) is 2.74 Å². The van der Waals surface area contributed by atoms with Gasteiger partial charge in [-0.15, -0.1) is 0 Å². The van der Waals surface area contributed by atoms with Gasteiger partial charge in [-0.2, -0.15) is 0 Å². The fraction of sp³-hybridized carbons (Fsp3) is 0.0164. The molecule has 0 atom stereocenters. The molecular weight excluding hydrogens is 1800 g/mol. The van der Waals surface area contributed by atoms with E-state index in [0.29, 0.717) is 44.4 Å². The van der Waals surface area contributed by atoms with Crippen LogP contribution < -0.4 is 0 Å². The molecule has 130 heavy (non-hydrogen) atoms. The topological polar surface area (TPSA) is 0 Å². The van der Waals surface area contributed by atoms with Gasteiger partial charge in [-0.25, -0.2) is 0 Å². The third-order valence-electron chi connectivity index (χ3n) is 26.6. The molecule has 0 nitrogen and oxygen atoms in total. The molecule has 0 radical (unpaired) electrons. The number of fused-ring (bicyclic) bond motifs is 21. The van der Waals surface area contributed by atoms with Gasteiger partial charge in [0.2, 0.25) is 0 Å². The Morgan fingerprint density at radius 3 is 0.723 bits per heavy atom. The number of alkyl halides is 3. The molecule has 0 amide bonds. The predicted octanol–water partition coefficient (Wildman–Crippen LogP) is 34.6. The number of hydrogen-bond acceptors (Lipinski definition) is 0. The SMILES string of the molecule is Cc1c2ccccc2c(-c2ccc3[se]c4c(-c5c6ccccc6c(C(F)(F)F)c6ccccc56)cccc4c3c2)c2ccccc12.Fc1c2ccccc2c(-c2ccc3[se]c4c(-c5c6ccccc6c(F)c6ccccc56)cccc4c3c2)c2ccccc12.[2H]c1c2ccccc2c(-c2ccc3[se]c4c(-c5c6ccccc6c([2H])c6ccccc56)cccc4c3c2)c2ccccc12. The van der Waals surface area contributed by atoms with Crippen LogP contribution in [0, 0.1) is 18.6 Å². The summed E-state index contributed by atoms with van der Waals surface area (Å²) >= 11 is 0.211. The molecule has 24 aromatic carbocycles. The average Bonchev–Trinajstić information content (AvgIpc) is 1.70. The number of halogens is 5. The Hall–Kier alpha value is -14.4. The zero-order chi connectivity index (χ0) is 88.5.